The van der Waals surface area contributed by atoms with Crippen LogP contribution in [0, 0.1) is 6.92 Å². The van der Waals surface area contributed by atoms with Gasteiger partial charge in [-0.1, -0.05) is 78.4 Å². The molecule has 4 rings (SSSR count). The maximum Gasteiger partial charge on any atom is 0.254 e. The molecule has 1 aliphatic rings. The molecule has 1 saturated heterocycles. The fourth-order valence-corrected chi connectivity index (χ4v) is 4.20. The van der Waals surface area contributed by atoms with Crippen LogP contribution >= 0.6 is 0 Å². The van der Waals surface area contributed by atoms with Gasteiger partial charge in [-0.15, -0.1) is 0 Å². The molecule has 0 spiro atoms. The van der Waals surface area contributed by atoms with Crippen LogP contribution in [0.4, 0.5) is 0 Å². The Labute approximate surface area is 167 Å². The van der Waals surface area contributed by atoms with Crippen molar-refractivity contribution in [3.8, 4) is 0 Å². The highest BCUT2D eigenvalue weighted by molar-refractivity contribution is 5.94. The van der Waals surface area contributed by atoms with E-state index in [0.29, 0.717) is 6.04 Å². The molecule has 3 aromatic rings. The van der Waals surface area contributed by atoms with Crippen molar-refractivity contribution in [3.05, 3.63) is 107 Å². The zero-order valence-electron chi connectivity index (χ0n) is 16.3. The quantitative estimate of drug-likeness (QED) is 0.749. The van der Waals surface area contributed by atoms with Crippen molar-refractivity contribution >= 4 is 5.91 Å². The smallest absolute Gasteiger partial charge is 0.254 e. The minimum Gasteiger partial charge on any atom is -0.327 e. The minimum absolute atomic E-state index is 0.152. The minimum atomic E-state index is 0.152. The first kappa shape index (κ1) is 18.5. The summed E-state index contributed by atoms with van der Waals surface area (Å²) in [6.45, 7) is 5.51. The number of rotatable bonds is 4. The first-order valence-corrected chi connectivity index (χ1v) is 10.0. The van der Waals surface area contributed by atoms with Crippen LogP contribution in [0.25, 0.3) is 0 Å². The lowest BCUT2D eigenvalue weighted by atomic mass is 9.96. The zero-order chi connectivity index (χ0) is 19.3. The normalized spacial score (nSPS) is 15.0. The van der Waals surface area contributed by atoms with Crippen LogP contribution in [0.2, 0.25) is 0 Å². The summed E-state index contributed by atoms with van der Waals surface area (Å²) in [5, 5.41) is 0. The van der Waals surface area contributed by atoms with Crippen LogP contribution in [0.15, 0.2) is 84.9 Å². The summed E-state index contributed by atoms with van der Waals surface area (Å²) >= 11 is 0. The first-order chi connectivity index (χ1) is 13.7. The lowest BCUT2D eigenvalue weighted by molar-refractivity contribution is -0.929. The molecule has 3 nitrogen and oxygen atoms in total. The molecule has 142 valence electrons. The molecular weight excluding hydrogens is 344 g/mol. The lowest BCUT2D eigenvalue weighted by Gasteiger charge is -2.37. The molecule has 0 saturated carbocycles. The van der Waals surface area contributed by atoms with Crippen LogP contribution < -0.4 is 4.90 Å². The molecule has 1 heterocycles. The summed E-state index contributed by atoms with van der Waals surface area (Å²) in [5.74, 6) is 0.152. The standard InChI is InChI=1S/C25H26N2O/c1-20-9-8-14-23(19-20)25(28)27-17-15-26(16-18-27)24(21-10-4-2-5-11-21)22-12-6-3-7-13-22/h2-14,19,24H,15-18H2,1H3/p+1. The molecule has 28 heavy (non-hydrogen) atoms. The van der Waals surface area contributed by atoms with Crippen molar-refractivity contribution in [1.29, 1.82) is 0 Å². The number of hydrogen-bond donors (Lipinski definition) is 1. The van der Waals surface area contributed by atoms with Crippen molar-refractivity contribution in [2.24, 2.45) is 0 Å². The Kier molecular flexibility index (Phi) is 5.54. The second-order valence-electron chi connectivity index (χ2n) is 7.57. The summed E-state index contributed by atoms with van der Waals surface area (Å²) < 4.78 is 0. The summed E-state index contributed by atoms with van der Waals surface area (Å²) in [4.78, 5) is 16.4. The highest BCUT2D eigenvalue weighted by atomic mass is 16.2. The number of nitrogens with zero attached hydrogens (tertiary/aromatic N) is 1. The monoisotopic (exact) mass is 371 g/mol. The van der Waals surface area contributed by atoms with Crippen LogP contribution in [0.1, 0.15) is 33.1 Å². The second-order valence-corrected chi connectivity index (χ2v) is 7.57. The van der Waals surface area contributed by atoms with Gasteiger partial charge in [0.05, 0.1) is 26.2 Å². The van der Waals surface area contributed by atoms with Crippen molar-refractivity contribution in [3.63, 3.8) is 0 Å². The third-order valence-corrected chi connectivity index (χ3v) is 5.63. The number of piperazine rings is 1. The molecule has 0 atom stereocenters. The molecule has 0 unspecified atom stereocenters. The van der Waals surface area contributed by atoms with E-state index in [1.165, 1.54) is 16.0 Å². The second kappa shape index (κ2) is 8.41. The molecule has 3 heteroatoms. The van der Waals surface area contributed by atoms with Gasteiger partial charge in [-0.2, -0.15) is 0 Å². The fourth-order valence-electron chi connectivity index (χ4n) is 4.20. The van der Waals surface area contributed by atoms with E-state index in [4.69, 9.17) is 0 Å². The summed E-state index contributed by atoms with van der Waals surface area (Å²) in [5.41, 5.74) is 4.60. The van der Waals surface area contributed by atoms with Gasteiger partial charge in [-0.25, -0.2) is 0 Å². The Morgan fingerprint density at radius 3 is 1.93 bits per heavy atom. The first-order valence-electron chi connectivity index (χ1n) is 10.0. The largest absolute Gasteiger partial charge is 0.327 e. The van der Waals surface area contributed by atoms with Crippen LogP contribution in [-0.2, 0) is 0 Å². The van der Waals surface area contributed by atoms with E-state index in [0.717, 1.165) is 37.3 Å². The number of hydrogen-bond acceptors (Lipinski definition) is 1. The fraction of sp³-hybridized carbons (Fsp3) is 0.240. The number of carbonyl (C=O) groups excluding carboxylic acids is 1. The van der Waals surface area contributed by atoms with Gasteiger partial charge in [0.25, 0.3) is 5.91 Å². The van der Waals surface area contributed by atoms with E-state index in [-0.39, 0.29) is 5.91 Å². The summed E-state index contributed by atoms with van der Waals surface area (Å²) in [6, 6.07) is 29.7. The molecule has 1 aliphatic heterocycles. The number of quaternary nitrogens is 1. The number of aryl methyl sites for hydroxylation is 1. The third kappa shape index (κ3) is 4.00. The van der Waals surface area contributed by atoms with E-state index in [9.17, 15) is 4.79 Å². The highest BCUT2D eigenvalue weighted by Gasteiger charge is 2.31. The topological polar surface area (TPSA) is 24.8 Å². The van der Waals surface area contributed by atoms with Gasteiger partial charge in [0, 0.05) is 16.7 Å². The number of amides is 1. The van der Waals surface area contributed by atoms with E-state index in [1.54, 1.807) is 0 Å². The van der Waals surface area contributed by atoms with Gasteiger partial charge in [0.1, 0.15) is 6.04 Å². The Morgan fingerprint density at radius 2 is 1.39 bits per heavy atom. The lowest BCUT2D eigenvalue weighted by Crippen LogP contribution is -3.15. The molecule has 1 amide bonds. The maximum atomic E-state index is 12.9. The Hall–Kier alpha value is -2.91. The van der Waals surface area contributed by atoms with Crippen LogP contribution in [0.3, 0.4) is 0 Å². The van der Waals surface area contributed by atoms with Crippen molar-refractivity contribution in [1.82, 2.24) is 4.90 Å². The average Bonchev–Trinajstić information content (AvgIpc) is 2.75. The predicted molar refractivity (Wildman–Crippen MR) is 113 cm³/mol. The van der Waals surface area contributed by atoms with Gasteiger partial charge in [0.15, 0.2) is 0 Å². The Balaban J connectivity index is 1.51. The van der Waals surface area contributed by atoms with Gasteiger partial charge >= 0.3 is 0 Å². The molecule has 0 aromatic heterocycles. The van der Waals surface area contributed by atoms with E-state index < -0.39 is 0 Å². The number of nitrogens with one attached hydrogen (secondary N) is 1. The average molecular weight is 372 g/mol. The molecule has 1 N–H and O–H groups in total. The van der Waals surface area contributed by atoms with E-state index in [2.05, 4.69) is 60.7 Å². The molecule has 1 fully saturated rings. The Morgan fingerprint density at radius 1 is 0.821 bits per heavy atom. The molecule has 0 aliphatic carbocycles. The molecular formula is C25H27N2O+. The maximum absolute atomic E-state index is 12.9. The zero-order valence-corrected chi connectivity index (χ0v) is 16.3. The summed E-state index contributed by atoms with van der Waals surface area (Å²) in [7, 11) is 0. The van der Waals surface area contributed by atoms with Gasteiger partial charge in [-0.3, -0.25) is 4.79 Å². The number of benzene rings is 3. The third-order valence-electron chi connectivity index (χ3n) is 5.63. The van der Waals surface area contributed by atoms with Gasteiger partial charge in [0.2, 0.25) is 0 Å². The SMILES string of the molecule is Cc1cccc(C(=O)N2CC[NH+](C(c3ccccc3)c3ccccc3)CC2)c1. The van der Waals surface area contributed by atoms with Gasteiger partial charge < -0.3 is 9.80 Å². The predicted octanol–water partition coefficient (Wildman–Crippen LogP) is 3.13. The Bertz CT molecular complexity index is 876. The molecule has 0 bridgehead atoms. The van der Waals surface area contributed by atoms with E-state index >= 15 is 0 Å². The number of carbonyl (C=O) groups is 1. The van der Waals surface area contributed by atoms with Crippen molar-refractivity contribution < 1.29 is 9.69 Å². The van der Waals surface area contributed by atoms with Crippen molar-refractivity contribution in [2.45, 2.75) is 13.0 Å². The molecule has 0 radical (unpaired) electrons. The van der Waals surface area contributed by atoms with E-state index in [1.807, 2.05) is 36.1 Å². The van der Waals surface area contributed by atoms with Gasteiger partial charge in [-0.05, 0) is 19.1 Å². The molecule has 3 aromatic carbocycles. The van der Waals surface area contributed by atoms with Crippen LogP contribution in [0.5, 0.6) is 0 Å². The van der Waals surface area contributed by atoms with Crippen molar-refractivity contribution in [2.75, 3.05) is 26.2 Å². The van der Waals surface area contributed by atoms with Crippen LogP contribution in [-0.4, -0.2) is 37.0 Å². The summed E-state index contributed by atoms with van der Waals surface area (Å²) in [6.07, 6.45) is 0. The highest BCUT2D eigenvalue weighted by Crippen LogP contribution is 2.19.